The van der Waals surface area contributed by atoms with Crippen LogP contribution in [0.1, 0.15) is 26.7 Å². The number of carbonyl (C=O) groups excluding carboxylic acids is 1. The minimum absolute atomic E-state index is 0.0652. The fourth-order valence-electron chi connectivity index (χ4n) is 1.67. The third kappa shape index (κ3) is 8.18. The molecule has 0 aliphatic heterocycles. The van der Waals surface area contributed by atoms with Crippen molar-refractivity contribution in [3.05, 3.63) is 0 Å². The predicted molar refractivity (Wildman–Crippen MR) is 87.2 cm³/mol. The highest BCUT2D eigenvalue weighted by molar-refractivity contribution is 7.89. The molecule has 0 aromatic carbocycles. The van der Waals surface area contributed by atoms with Gasteiger partial charge in [0.05, 0.1) is 12.3 Å². The number of carbonyl (C=O) groups is 1. The molecule has 0 aromatic heterocycles. The molecule has 8 nitrogen and oxygen atoms in total. The molecule has 0 spiro atoms. The summed E-state index contributed by atoms with van der Waals surface area (Å²) in [5.41, 5.74) is 0. The van der Waals surface area contributed by atoms with Gasteiger partial charge in [0.1, 0.15) is 0 Å². The number of rotatable bonds is 10. The van der Waals surface area contributed by atoms with Crippen LogP contribution in [0.5, 0.6) is 0 Å². The quantitative estimate of drug-likeness (QED) is 0.233. The molecule has 0 unspecified atom stereocenters. The summed E-state index contributed by atoms with van der Waals surface area (Å²) in [6, 6.07) is 0. The molecular weight excluding hydrogens is 306 g/mol. The van der Waals surface area contributed by atoms with Gasteiger partial charge >= 0.3 is 0 Å². The molecule has 1 aliphatic carbocycles. The lowest BCUT2D eigenvalue weighted by Crippen LogP contribution is -2.42. The maximum absolute atomic E-state index is 11.5. The summed E-state index contributed by atoms with van der Waals surface area (Å²) >= 11 is 0. The first-order valence-corrected chi connectivity index (χ1v) is 9.41. The van der Waals surface area contributed by atoms with Gasteiger partial charge in [0, 0.05) is 32.1 Å². The van der Waals surface area contributed by atoms with Gasteiger partial charge in [-0.3, -0.25) is 9.79 Å². The highest BCUT2D eigenvalue weighted by Crippen LogP contribution is 2.28. The lowest BCUT2D eigenvalue weighted by molar-refractivity contribution is -0.122. The van der Waals surface area contributed by atoms with Crippen molar-refractivity contribution in [3.63, 3.8) is 0 Å². The van der Waals surface area contributed by atoms with Crippen LogP contribution in [0.3, 0.4) is 0 Å². The smallest absolute Gasteiger partial charge is 0.223 e. The van der Waals surface area contributed by atoms with Crippen LogP contribution < -0.4 is 20.7 Å². The predicted octanol–water partition coefficient (Wildman–Crippen LogP) is -0.993. The Kier molecular flexibility index (Phi) is 8.18. The Morgan fingerprint density at radius 3 is 2.36 bits per heavy atom. The summed E-state index contributed by atoms with van der Waals surface area (Å²) in [5, 5.41) is 9.02. The fraction of sp³-hybridized carbons (Fsp3) is 0.846. The van der Waals surface area contributed by atoms with E-state index in [4.69, 9.17) is 0 Å². The number of sulfonamides is 1. The Hall–Kier alpha value is -1.35. The lowest BCUT2D eigenvalue weighted by Gasteiger charge is -2.12. The standard InChI is InChI=1S/C13H27N5O3S/c1-3-14-13(17-9-10-18-22(20,21)4-2)16-8-7-15-12(19)11-5-6-11/h11,18H,3-10H2,1-2H3,(H,15,19)(H2,14,16,17). The lowest BCUT2D eigenvalue weighted by atomic mass is 10.4. The molecule has 1 fully saturated rings. The first-order valence-electron chi connectivity index (χ1n) is 7.75. The van der Waals surface area contributed by atoms with Gasteiger partial charge in [-0.15, -0.1) is 0 Å². The summed E-state index contributed by atoms with van der Waals surface area (Å²) < 4.78 is 25.0. The van der Waals surface area contributed by atoms with E-state index < -0.39 is 10.0 Å². The molecule has 0 saturated heterocycles. The van der Waals surface area contributed by atoms with E-state index in [0.717, 1.165) is 12.8 Å². The molecule has 128 valence electrons. The largest absolute Gasteiger partial charge is 0.357 e. The normalized spacial score (nSPS) is 15.5. The van der Waals surface area contributed by atoms with Crippen molar-refractivity contribution < 1.29 is 13.2 Å². The topological polar surface area (TPSA) is 112 Å². The number of nitrogens with zero attached hydrogens (tertiary/aromatic N) is 1. The molecule has 0 bridgehead atoms. The summed E-state index contributed by atoms with van der Waals surface area (Å²) in [5.74, 6) is 1.01. The van der Waals surface area contributed by atoms with Crippen LogP contribution in [0.15, 0.2) is 4.99 Å². The molecule has 1 amide bonds. The maximum atomic E-state index is 11.5. The Morgan fingerprint density at radius 1 is 1.09 bits per heavy atom. The zero-order valence-corrected chi connectivity index (χ0v) is 14.1. The molecule has 0 atom stereocenters. The average molecular weight is 333 g/mol. The van der Waals surface area contributed by atoms with Crippen molar-refractivity contribution in [1.29, 1.82) is 0 Å². The van der Waals surface area contributed by atoms with E-state index >= 15 is 0 Å². The van der Waals surface area contributed by atoms with Crippen LogP contribution in [0, 0.1) is 5.92 Å². The zero-order chi connectivity index (χ0) is 16.4. The van der Waals surface area contributed by atoms with Gasteiger partial charge in [-0.1, -0.05) is 0 Å². The molecule has 22 heavy (non-hydrogen) atoms. The first-order chi connectivity index (χ1) is 10.5. The van der Waals surface area contributed by atoms with Crippen LogP contribution in [0.2, 0.25) is 0 Å². The molecule has 1 aliphatic rings. The van der Waals surface area contributed by atoms with E-state index in [1.54, 1.807) is 6.92 Å². The highest BCUT2D eigenvalue weighted by atomic mass is 32.2. The van der Waals surface area contributed by atoms with E-state index in [1.807, 2.05) is 6.92 Å². The summed E-state index contributed by atoms with van der Waals surface area (Å²) in [7, 11) is -3.17. The van der Waals surface area contributed by atoms with E-state index in [1.165, 1.54) is 0 Å². The summed E-state index contributed by atoms with van der Waals surface area (Å²) in [4.78, 5) is 15.7. The van der Waals surface area contributed by atoms with Crippen molar-refractivity contribution in [1.82, 2.24) is 20.7 Å². The van der Waals surface area contributed by atoms with Crippen molar-refractivity contribution >= 4 is 21.9 Å². The van der Waals surface area contributed by atoms with Crippen molar-refractivity contribution in [2.75, 3.05) is 38.5 Å². The number of hydrogen-bond acceptors (Lipinski definition) is 4. The van der Waals surface area contributed by atoms with E-state index in [2.05, 4.69) is 25.7 Å². The Bertz CT molecular complexity index is 474. The second kappa shape index (κ2) is 9.62. The minimum Gasteiger partial charge on any atom is -0.357 e. The second-order valence-corrected chi connectivity index (χ2v) is 7.15. The fourth-order valence-corrected chi connectivity index (χ4v) is 2.28. The SMILES string of the molecule is CCNC(=NCCNS(=O)(=O)CC)NCCNC(=O)C1CC1. The Labute approximate surface area is 132 Å². The first kappa shape index (κ1) is 18.7. The van der Waals surface area contributed by atoms with Gasteiger partial charge in [0.25, 0.3) is 0 Å². The molecule has 1 saturated carbocycles. The van der Waals surface area contributed by atoms with Gasteiger partial charge in [-0.05, 0) is 26.7 Å². The van der Waals surface area contributed by atoms with Crippen molar-refractivity contribution in [3.8, 4) is 0 Å². The highest BCUT2D eigenvalue weighted by Gasteiger charge is 2.28. The maximum Gasteiger partial charge on any atom is 0.223 e. The molecule has 9 heteroatoms. The molecule has 0 radical (unpaired) electrons. The van der Waals surface area contributed by atoms with Gasteiger partial charge in [-0.2, -0.15) is 0 Å². The summed E-state index contributed by atoms with van der Waals surface area (Å²) in [6.07, 6.45) is 1.99. The van der Waals surface area contributed by atoms with Crippen LogP contribution in [-0.2, 0) is 14.8 Å². The van der Waals surface area contributed by atoms with E-state index in [-0.39, 0.29) is 24.1 Å². The molecule has 4 N–H and O–H groups in total. The Morgan fingerprint density at radius 2 is 1.77 bits per heavy atom. The van der Waals surface area contributed by atoms with Gasteiger partial charge in [-0.25, -0.2) is 13.1 Å². The molecule has 1 rings (SSSR count). The van der Waals surface area contributed by atoms with Crippen molar-refractivity contribution in [2.45, 2.75) is 26.7 Å². The third-order valence-corrected chi connectivity index (χ3v) is 4.50. The molecular formula is C13H27N5O3S. The van der Waals surface area contributed by atoms with E-state index in [0.29, 0.717) is 32.1 Å². The van der Waals surface area contributed by atoms with Crippen LogP contribution in [-0.4, -0.2) is 58.8 Å². The zero-order valence-electron chi connectivity index (χ0n) is 13.3. The van der Waals surface area contributed by atoms with Crippen molar-refractivity contribution in [2.24, 2.45) is 10.9 Å². The number of aliphatic imine (C=N–C) groups is 1. The Balaban J connectivity index is 2.21. The van der Waals surface area contributed by atoms with E-state index in [9.17, 15) is 13.2 Å². The van der Waals surface area contributed by atoms with Gasteiger partial charge < -0.3 is 16.0 Å². The average Bonchev–Trinajstić information content (AvgIpc) is 3.32. The second-order valence-electron chi connectivity index (χ2n) is 5.05. The number of guanidine groups is 1. The molecule has 0 heterocycles. The molecule has 0 aromatic rings. The monoisotopic (exact) mass is 333 g/mol. The number of hydrogen-bond donors (Lipinski definition) is 4. The number of amides is 1. The minimum atomic E-state index is -3.17. The van der Waals surface area contributed by atoms with Crippen LogP contribution in [0.25, 0.3) is 0 Å². The van der Waals surface area contributed by atoms with Gasteiger partial charge in [0.2, 0.25) is 15.9 Å². The van der Waals surface area contributed by atoms with Crippen LogP contribution in [0.4, 0.5) is 0 Å². The third-order valence-electron chi connectivity index (χ3n) is 3.09. The number of nitrogens with one attached hydrogen (secondary N) is 4. The van der Waals surface area contributed by atoms with Crippen LogP contribution >= 0.6 is 0 Å². The van der Waals surface area contributed by atoms with Gasteiger partial charge in [0.15, 0.2) is 5.96 Å². The summed E-state index contributed by atoms with van der Waals surface area (Å²) in [6.45, 7) is 5.99.